The van der Waals surface area contributed by atoms with E-state index in [-0.39, 0.29) is 11.6 Å². The molecule has 2 aliphatic rings. The Balaban J connectivity index is 1.36. The minimum absolute atomic E-state index is 0.157. The fourth-order valence-corrected chi connectivity index (χ4v) is 5.07. The number of piperidine rings is 1. The lowest BCUT2D eigenvalue weighted by Crippen LogP contribution is -2.36. The van der Waals surface area contributed by atoms with Gasteiger partial charge < -0.3 is 14.6 Å². The fraction of sp³-hybridized carbons (Fsp3) is 0.360. The van der Waals surface area contributed by atoms with Crippen molar-refractivity contribution >= 4 is 17.1 Å². The minimum Gasteiger partial charge on any atom is -0.393 e. The van der Waals surface area contributed by atoms with Crippen molar-refractivity contribution in [2.24, 2.45) is 0 Å². The SMILES string of the molecule is C[C@@]1(c2ccccc2)CCc2nc3ccc(-c4cnc(N5CCC(O)CC5)nc4)nc3n21. The number of aliphatic hydroxyl groups is 1. The van der Waals surface area contributed by atoms with E-state index in [0.29, 0.717) is 5.95 Å². The molecule has 0 radical (unpaired) electrons. The average molecular weight is 427 g/mol. The summed E-state index contributed by atoms with van der Waals surface area (Å²) in [5, 5.41) is 9.73. The van der Waals surface area contributed by atoms with Crippen molar-refractivity contribution in [3.63, 3.8) is 0 Å². The van der Waals surface area contributed by atoms with Gasteiger partial charge in [0.15, 0.2) is 5.65 Å². The molecule has 7 nitrogen and oxygen atoms in total. The normalized spacial score (nSPS) is 21.2. The van der Waals surface area contributed by atoms with Crippen LogP contribution in [0.2, 0.25) is 0 Å². The van der Waals surface area contributed by atoms with E-state index in [0.717, 1.165) is 67.0 Å². The Morgan fingerprint density at radius 1 is 0.969 bits per heavy atom. The van der Waals surface area contributed by atoms with E-state index >= 15 is 0 Å². The van der Waals surface area contributed by atoms with Crippen LogP contribution in [0, 0.1) is 0 Å². The molecule has 2 aliphatic heterocycles. The summed E-state index contributed by atoms with van der Waals surface area (Å²) in [7, 11) is 0. The van der Waals surface area contributed by atoms with Gasteiger partial charge in [0, 0.05) is 37.5 Å². The van der Waals surface area contributed by atoms with E-state index in [1.807, 2.05) is 24.5 Å². The molecule has 0 spiro atoms. The summed E-state index contributed by atoms with van der Waals surface area (Å²) in [5.74, 6) is 1.80. The number of pyridine rings is 1. The average Bonchev–Trinajstić information content (AvgIpc) is 3.38. The molecule has 0 bridgehead atoms. The first-order chi connectivity index (χ1) is 15.6. The lowest BCUT2D eigenvalue weighted by molar-refractivity contribution is 0.145. The zero-order valence-electron chi connectivity index (χ0n) is 18.1. The summed E-state index contributed by atoms with van der Waals surface area (Å²) in [6.45, 7) is 3.84. The molecule has 7 heteroatoms. The number of fused-ring (bicyclic) bond motifs is 3. The highest BCUT2D eigenvalue weighted by molar-refractivity contribution is 5.77. The number of hydrogen-bond donors (Lipinski definition) is 1. The van der Waals surface area contributed by atoms with Gasteiger partial charge in [-0.3, -0.25) is 0 Å². The Hall–Kier alpha value is -3.32. The van der Waals surface area contributed by atoms with Gasteiger partial charge in [-0.05, 0) is 43.9 Å². The quantitative estimate of drug-likeness (QED) is 0.540. The van der Waals surface area contributed by atoms with Crippen LogP contribution >= 0.6 is 0 Å². The van der Waals surface area contributed by atoms with Crippen molar-refractivity contribution in [2.45, 2.75) is 44.2 Å². The van der Waals surface area contributed by atoms with E-state index in [1.165, 1.54) is 5.56 Å². The highest BCUT2D eigenvalue weighted by atomic mass is 16.3. The van der Waals surface area contributed by atoms with Crippen LogP contribution in [0.15, 0.2) is 54.9 Å². The maximum absolute atomic E-state index is 9.73. The first-order valence-electron chi connectivity index (χ1n) is 11.3. The minimum atomic E-state index is -0.208. The molecular weight excluding hydrogens is 400 g/mol. The van der Waals surface area contributed by atoms with E-state index < -0.39 is 0 Å². The van der Waals surface area contributed by atoms with Gasteiger partial charge >= 0.3 is 0 Å². The standard InChI is InChI=1S/C25H26N6O/c1-25(18-5-3-2-4-6-18)12-9-22-28-21-8-7-20(29-23(21)31(22)25)17-15-26-24(27-16-17)30-13-10-19(32)11-14-30/h2-8,15-16,19,32H,9-14H2,1H3/t25-/m0/s1. The predicted octanol–water partition coefficient (Wildman–Crippen LogP) is 3.56. The second-order valence-electron chi connectivity index (χ2n) is 9.03. The summed E-state index contributed by atoms with van der Waals surface area (Å²) >= 11 is 0. The summed E-state index contributed by atoms with van der Waals surface area (Å²) in [6, 6.07) is 14.7. The second-order valence-corrected chi connectivity index (χ2v) is 9.03. The third kappa shape index (κ3) is 3.07. The molecule has 0 aliphatic carbocycles. The zero-order valence-corrected chi connectivity index (χ0v) is 18.1. The van der Waals surface area contributed by atoms with Gasteiger partial charge in [0.25, 0.3) is 0 Å². The number of benzene rings is 1. The van der Waals surface area contributed by atoms with Crippen molar-refractivity contribution in [1.82, 2.24) is 24.5 Å². The molecule has 3 aromatic heterocycles. The molecule has 1 atom stereocenters. The molecular formula is C25H26N6O. The second kappa shape index (κ2) is 7.38. The third-order valence-electron chi connectivity index (χ3n) is 6.98. The molecule has 0 unspecified atom stereocenters. The lowest BCUT2D eigenvalue weighted by Gasteiger charge is -2.29. The van der Waals surface area contributed by atoms with Crippen molar-refractivity contribution in [3.8, 4) is 11.3 Å². The third-order valence-corrected chi connectivity index (χ3v) is 6.98. The molecule has 1 fully saturated rings. The summed E-state index contributed by atoms with van der Waals surface area (Å²) < 4.78 is 2.31. The number of rotatable bonds is 3. The van der Waals surface area contributed by atoms with E-state index in [4.69, 9.17) is 9.97 Å². The van der Waals surface area contributed by atoms with Crippen LogP contribution in [-0.4, -0.2) is 48.8 Å². The van der Waals surface area contributed by atoms with Crippen LogP contribution in [0.1, 0.15) is 37.6 Å². The van der Waals surface area contributed by atoms with Gasteiger partial charge in [-0.1, -0.05) is 30.3 Å². The maximum atomic E-state index is 9.73. The first kappa shape index (κ1) is 19.4. The zero-order chi connectivity index (χ0) is 21.7. The van der Waals surface area contributed by atoms with Gasteiger partial charge in [0.1, 0.15) is 11.3 Å². The summed E-state index contributed by atoms with van der Waals surface area (Å²) in [5.41, 5.74) is 4.71. The predicted molar refractivity (Wildman–Crippen MR) is 124 cm³/mol. The Kier molecular flexibility index (Phi) is 4.47. The van der Waals surface area contributed by atoms with Gasteiger partial charge in [0.2, 0.25) is 5.95 Å². The van der Waals surface area contributed by atoms with E-state index in [9.17, 15) is 5.11 Å². The van der Waals surface area contributed by atoms with Crippen LogP contribution in [0.5, 0.6) is 0 Å². The van der Waals surface area contributed by atoms with Gasteiger partial charge in [-0.2, -0.15) is 0 Å². The number of hydrogen-bond acceptors (Lipinski definition) is 6. The van der Waals surface area contributed by atoms with E-state index in [2.05, 4.69) is 56.7 Å². The van der Waals surface area contributed by atoms with Gasteiger partial charge in [-0.25, -0.2) is 19.9 Å². The first-order valence-corrected chi connectivity index (χ1v) is 11.3. The summed E-state index contributed by atoms with van der Waals surface area (Å²) in [4.78, 5) is 21.2. The fourth-order valence-electron chi connectivity index (χ4n) is 5.07. The molecule has 5 heterocycles. The highest BCUT2D eigenvalue weighted by Crippen LogP contribution is 2.40. The Labute approximate surface area is 186 Å². The number of anilines is 1. The molecule has 1 saturated heterocycles. The topological polar surface area (TPSA) is 80.0 Å². The van der Waals surface area contributed by atoms with Crippen LogP contribution < -0.4 is 4.90 Å². The highest BCUT2D eigenvalue weighted by Gasteiger charge is 2.38. The smallest absolute Gasteiger partial charge is 0.225 e. The number of aromatic nitrogens is 5. The van der Waals surface area contributed by atoms with Crippen LogP contribution in [0.25, 0.3) is 22.4 Å². The maximum Gasteiger partial charge on any atom is 0.225 e. The molecule has 0 amide bonds. The number of aryl methyl sites for hydroxylation is 1. The molecule has 4 aromatic rings. The molecule has 1 N–H and O–H groups in total. The Bertz CT molecular complexity index is 1260. The van der Waals surface area contributed by atoms with Gasteiger partial charge in [-0.15, -0.1) is 0 Å². The lowest BCUT2D eigenvalue weighted by atomic mass is 9.90. The largest absolute Gasteiger partial charge is 0.393 e. The summed E-state index contributed by atoms with van der Waals surface area (Å²) in [6.07, 6.45) is 6.97. The Morgan fingerprint density at radius 2 is 1.72 bits per heavy atom. The van der Waals surface area contributed by atoms with Crippen molar-refractivity contribution < 1.29 is 5.11 Å². The van der Waals surface area contributed by atoms with Crippen molar-refractivity contribution in [2.75, 3.05) is 18.0 Å². The number of aliphatic hydroxyl groups excluding tert-OH is 1. The molecule has 162 valence electrons. The van der Waals surface area contributed by atoms with Crippen LogP contribution in [0.4, 0.5) is 5.95 Å². The van der Waals surface area contributed by atoms with Crippen molar-refractivity contribution in [1.29, 1.82) is 0 Å². The van der Waals surface area contributed by atoms with Crippen LogP contribution in [0.3, 0.4) is 0 Å². The monoisotopic (exact) mass is 426 g/mol. The van der Waals surface area contributed by atoms with Gasteiger partial charge in [0.05, 0.1) is 17.3 Å². The molecule has 0 saturated carbocycles. The number of nitrogens with zero attached hydrogens (tertiary/aromatic N) is 6. The van der Waals surface area contributed by atoms with Crippen LogP contribution in [-0.2, 0) is 12.0 Å². The molecule has 1 aromatic carbocycles. The van der Waals surface area contributed by atoms with Crippen molar-refractivity contribution in [3.05, 3.63) is 66.2 Å². The van der Waals surface area contributed by atoms with E-state index in [1.54, 1.807) is 0 Å². The molecule has 32 heavy (non-hydrogen) atoms. The number of imidazole rings is 1. The Morgan fingerprint density at radius 3 is 2.47 bits per heavy atom. The molecule has 6 rings (SSSR count).